The summed E-state index contributed by atoms with van der Waals surface area (Å²) < 4.78 is 0. The van der Waals surface area contributed by atoms with Gasteiger partial charge in [0.2, 0.25) is 5.91 Å². The monoisotopic (exact) mass is 253 g/mol. The van der Waals surface area contributed by atoms with E-state index in [1.165, 1.54) is 25.8 Å². The van der Waals surface area contributed by atoms with Crippen LogP contribution in [0.2, 0.25) is 0 Å². The van der Waals surface area contributed by atoms with Gasteiger partial charge in [-0.05, 0) is 39.8 Å². The van der Waals surface area contributed by atoms with Crippen LogP contribution in [0.15, 0.2) is 0 Å². The van der Waals surface area contributed by atoms with Crippen LogP contribution in [0, 0.1) is 0 Å². The molecule has 2 aliphatic heterocycles. The van der Waals surface area contributed by atoms with E-state index in [0.29, 0.717) is 18.0 Å². The number of hydrogen-bond donors (Lipinski definition) is 1. The largest absolute Gasteiger partial charge is 0.341 e. The smallest absolute Gasteiger partial charge is 0.222 e. The quantitative estimate of drug-likeness (QED) is 0.796. The predicted molar refractivity (Wildman–Crippen MR) is 73.5 cm³/mol. The predicted octanol–water partition coefficient (Wildman–Crippen LogP) is 1.07. The van der Waals surface area contributed by atoms with Crippen molar-refractivity contribution >= 4 is 5.91 Å². The Morgan fingerprint density at radius 1 is 1.33 bits per heavy atom. The van der Waals surface area contributed by atoms with Crippen molar-refractivity contribution in [2.75, 3.05) is 33.2 Å². The second-order valence-corrected chi connectivity index (χ2v) is 5.88. The van der Waals surface area contributed by atoms with Gasteiger partial charge in [-0.2, -0.15) is 0 Å². The fourth-order valence-corrected chi connectivity index (χ4v) is 3.03. The molecule has 104 valence electrons. The highest BCUT2D eigenvalue weighted by Gasteiger charge is 2.23. The van der Waals surface area contributed by atoms with Gasteiger partial charge in [-0.1, -0.05) is 6.42 Å². The van der Waals surface area contributed by atoms with E-state index in [1.807, 2.05) is 4.90 Å². The molecule has 0 spiro atoms. The molecule has 1 amide bonds. The average molecular weight is 253 g/mol. The van der Waals surface area contributed by atoms with E-state index in [0.717, 1.165) is 32.5 Å². The normalized spacial score (nSPS) is 27.8. The minimum atomic E-state index is 0.332. The number of nitrogens with one attached hydrogen (secondary N) is 1. The molecule has 4 nitrogen and oxygen atoms in total. The van der Waals surface area contributed by atoms with E-state index in [9.17, 15) is 4.79 Å². The molecule has 2 heterocycles. The van der Waals surface area contributed by atoms with Crippen LogP contribution in [0.4, 0.5) is 0 Å². The molecule has 0 bridgehead atoms. The van der Waals surface area contributed by atoms with E-state index in [1.54, 1.807) is 0 Å². The SMILES string of the molecule is CC(CN1CCCC1=O)NCC1CCCCN1C. The zero-order valence-corrected chi connectivity index (χ0v) is 11.8. The van der Waals surface area contributed by atoms with Gasteiger partial charge in [-0.3, -0.25) is 4.79 Å². The number of nitrogens with zero attached hydrogens (tertiary/aromatic N) is 2. The van der Waals surface area contributed by atoms with E-state index < -0.39 is 0 Å². The lowest BCUT2D eigenvalue weighted by Gasteiger charge is -2.33. The Morgan fingerprint density at radius 2 is 2.17 bits per heavy atom. The molecule has 0 aromatic rings. The number of amides is 1. The minimum Gasteiger partial charge on any atom is -0.341 e. The molecule has 0 aromatic carbocycles. The maximum Gasteiger partial charge on any atom is 0.222 e. The minimum absolute atomic E-state index is 0.332. The molecule has 0 radical (unpaired) electrons. The molecule has 0 aromatic heterocycles. The average Bonchev–Trinajstić information content (AvgIpc) is 2.74. The van der Waals surface area contributed by atoms with Crippen molar-refractivity contribution in [3.63, 3.8) is 0 Å². The molecule has 2 saturated heterocycles. The van der Waals surface area contributed by atoms with Crippen LogP contribution >= 0.6 is 0 Å². The van der Waals surface area contributed by atoms with Crippen molar-refractivity contribution in [2.24, 2.45) is 0 Å². The number of hydrogen-bond acceptors (Lipinski definition) is 3. The molecular weight excluding hydrogens is 226 g/mol. The Balaban J connectivity index is 1.67. The summed E-state index contributed by atoms with van der Waals surface area (Å²) >= 11 is 0. The molecule has 0 aliphatic carbocycles. The Kier molecular flexibility index (Phi) is 5.01. The van der Waals surface area contributed by atoms with Crippen molar-refractivity contribution in [1.29, 1.82) is 0 Å². The molecule has 0 saturated carbocycles. The first-order valence-electron chi connectivity index (χ1n) is 7.38. The fourth-order valence-electron chi connectivity index (χ4n) is 3.03. The van der Waals surface area contributed by atoms with E-state index >= 15 is 0 Å². The molecule has 2 fully saturated rings. The second-order valence-electron chi connectivity index (χ2n) is 5.88. The summed E-state index contributed by atoms with van der Waals surface area (Å²) in [6.07, 6.45) is 5.79. The Hall–Kier alpha value is -0.610. The van der Waals surface area contributed by atoms with Crippen molar-refractivity contribution in [1.82, 2.24) is 15.1 Å². The van der Waals surface area contributed by atoms with Crippen molar-refractivity contribution in [2.45, 2.75) is 51.1 Å². The van der Waals surface area contributed by atoms with Crippen molar-refractivity contribution < 1.29 is 4.79 Å². The molecule has 18 heavy (non-hydrogen) atoms. The zero-order chi connectivity index (χ0) is 13.0. The van der Waals surface area contributed by atoms with Gasteiger partial charge in [-0.25, -0.2) is 0 Å². The zero-order valence-electron chi connectivity index (χ0n) is 11.8. The van der Waals surface area contributed by atoms with Gasteiger partial charge < -0.3 is 15.1 Å². The third kappa shape index (κ3) is 3.69. The van der Waals surface area contributed by atoms with E-state index in [-0.39, 0.29) is 0 Å². The highest BCUT2D eigenvalue weighted by atomic mass is 16.2. The number of piperidine rings is 1. The van der Waals surface area contributed by atoms with Crippen LogP contribution < -0.4 is 5.32 Å². The van der Waals surface area contributed by atoms with Crippen molar-refractivity contribution in [3.05, 3.63) is 0 Å². The molecular formula is C14H27N3O. The van der Waals surface area contributed by atoms with Crippen LogP contribution in [0.25, 0.3) is 0 Å². The van der Waals surface area contributed by atoms with Crippen LogP contribution in [-0.2, 0) is 4.79 Å². The first-order chi connectivity index (χ1) is 8.66. The second kappa shape index (κ2) is 6.53. The molecule has 2 atom stereocenters. The lowest BCUT2D eigenvalue weighted by molar-refractivity contribution is -0.127. The third-order valence-corrected chi connectivity index (χ3v) is 4.29. The van der Waals surface area contributed by atoms with Gasteiger partial charge in [0.05, 0.1) is 0 Å². The molecule has 4 heteroatoms. The van der Waals surface area contributed by atoms with Gasteiger partial charge in [0.25, 0.3) is 0 Å². The van der Waals surface area contributed by atoms with Crippen LogP contribution in [0.3, 0.4) is 0 Å². The van der Waals surface area contributed by atoms with Gasteiger partial charge in [-0.15, -0.1) is 0 Å². The van der Waals surface area contributed by atoms with Gasteiger partial charge in [0.1, 0.15) is 0 Å². The summed E-state index contributed by atoms with van der Waals surface area (Å²) in [4.78, 5) is 16.0. The Labute approximate surface area is 111 Å². The number of carbonyl (C=O) groups excluding carboxylic acids is 1. The van der Waals surface area contributed by atoms with Gasteiger partial charge >= 0.3 is 0 Å². The number of carbonyl (C=O) groups is 1. The van der Waals surface area contributed by atoms with Crippen LogP contribution in [0.5, 0.6) is 0 Å². The Morgan fingerprint density at radius 3 is 2.83 bits per heavy atom. The fraction of sp³-hybridized carbons (Fsp3) is 0.929. The van der Waals surface area contributed by atoms with E-state index in [2.05, 4.69) is 24.2 Å². The number of likely N-dealkylation sites (N-methyl/N-ethyl adjacent to an activating group) is 1. The third-order valence-electron chi connectivity index (χ3n) is 4.29. The molecule has 1 N–H and O–H groups in total. The standard InChI is InChI=1S/C14H27N3O/c1-12(11-17-9-5-7-14(17)18)15-10-13-6-3-4-8-16(13)2/h12-13,15H,3-11H2,1-2H3. The van der Waals surface area contributed by atoms with Crippen LogP contribution in [-0.4, -0.2) is 61.0 Å². The lowest BCUT2D eigenvalue weighted by Crippen LogP contribution is -2.47. The summed E-state index contributed by atoms with van der Waals surface area (Å²) in [5.41, 5.74) is 0. The summed E-state index contributed by atoms with van der Waals surface area (Å²) in [6.45, 7) is 6.29. The molecule has 2 rings (SSSR count). The highest BCUT2D eigenvalue weighted by Crippen LogP contribution is 2.14. The maximum atomic E-state index is 11.6. The van der Waals surface area contributed by atoms with Gasteiger partial charge in [0, 0.05) is 38.1 Å². The molecule has 2 aliphatic rings. The first-order valence-corrected chi connectivity index (χ1v) is 7.38. The summed E-state index contributed by atoms with van der Waals surface area (Å²) in [5, 5.41) is 3.59. The highest BCUT2D eigenvalue weighted by molar-refractivity contribution is 5.78. The summed E-state index contributed by atoms with van der Waals surface area (Å²) in [5.74, 6) is 0.332. The summed E-state index contributed by atoms with van der Waals surface area (Å²) in [7, 11) is 2.22. The summed E-state index contributed by atoms with van der Waals surface area (Å²) in [6, 6.07) is 1.08. The Bertz CT molecular complexity index is 282. The number of likely N-dealkylation sites (tertiary alicyclic amines) is 2. The lowest BCUT2D eigenvalue weighted by atomic mass is 10.0. The topological polar surface area (TPSA) is 35.6 Å². The molecule has 2 unspecified atom stereocenters. The van der Waals surface area contributed by atoms with Crippen LogP contribution in [0.1, 0.15) is 39.0 Å². The van der Waals surface area contributed by atoms with E-state index in [4.69, 9.17) is 0 Å². The first kappa shape index (κ1) is 13.8. The van der Waals surface area contributed by atoms with Crippen molar-refractivity contribution in [3.8, 4) is 0 Å². The number of rotatable bonds is 5. The maximum absolute atomic E-state index is 11.6. The van der Waals surface area contributed by atoms with Gasteiger partial charge in [0.15, 0.2) is 0 Å².